The summed E-state index contributed by atoms with van der Waals surface area (Å²) in [5.74, 6) is 0.654. The predicted octanol–water partition coefficient (Wildman–Crippen LogP) is 3.66. The van der Waals surface area contributed by atoms with Crippen LogP contribution in [0.5, 0.6) is 11.5 Å². The minimum Gasteiger partial charge on any atom is -0.493 e. The molecule has 1 atom stereocenters. The Morgan fingerprint density at radius 3 is 2.58 bits per heavy atom. The van der Waals surface area contributed by atoms with Crippen molar-refractivity contribution in [2.75, 3.05) is 27.4 Å². The summed E-state index contributed by atoms with van der Waals surface area (Å²) >= 11 is 0. The molecule has 7 nitrogen and oxygen atoms in total. The number of nitrogens with zero attached hydrogens (tertiary/aromatic N) is 1. The lowest BCUT2D eigenvalue weighted by atomic mass is 10.1. The third-order valence-corrected chi connectivity index (χ3v) is 5.71. The minimum absolute atomic E-state index is 0.181. The van der Waals surface area contributed by atoms with Gasteiger partial charge in [0.25, 0.3) is 0 Å². The van der Waals surface area contributed by atoms with E-state index in [-0.39, 0.29) is 24.9 Å². The number of esters is 1. The van der Waals surface area contributed by atoms with Gasteiger partial charge in [0.1, 0.15) is 0 Å². The van der Waals surface area contributed by atoms with Crippen molar-refractivity contribution in [3.63, 3.8) is 0 Å². The number of hydrogen-bond donors (Lipinski definition) is 0. The van der Waals surface area contributed by atoms with Crippen molar-refractivity contribution in [3.05, 3.63) is 46.8 Å². The standard InChI is InChI=1S/C24H31NO6/c1-16-12-20(17(2)25(16)14-19-6-5-11-30-19)21(26)15-31-24(27)10-8-18-7-9-22(28-3)23(13-18)29-4/h7,9,12-13,19H,5-6,8,10-11,14-15H2,1-4H3/t19-/m0/s1. The lowest BCUT2D eigenvalue weighted by Crippen LogP contribution is -2.18. The summed E-state index contributed by atoms with van der Waals surface area (Å²) in [6.45, 7) is 5.20. The quantitative estimate of drug-likeness (QED) is 0.424. The Hall–Kier alpha value is -2.80. The molecule has 168 valence electrons. The van der Waals surface area contributed by atoms with Gasteiger partial charge in [-0.3, -0.25) is 9.59 Å². The van der Waals surface area contributed by atoms with Crippen LogP contribution < -0.4 is 9.47 Å². The number of aryl methyl sites for hydroxylation is 2. The first-order chi connectivity index (χ1) is 14.9. The van der Waals surface area contributed by atoms with Gasteiger partial charge in [0, 0.05) is 36.5 Å². The molecule has 1 aromatic carbocycles. The van der Waals surface area contributed by atoms with Gasteiger partial charge in [0.05, 0.1) is 20.3 Å². The Balaban J connectivity index is 1.52. The Morgan fingerprint density at radius 2 is 1.90 bits per heavy atom. The van der Waals surface area contributed by atoms with Crippen LogP contribution in [0.4, 0.5) is 0 Å². The fourth-order valence-corrected chi connectivity index (χ4v) is 3.93. The average Bonchev–Trinajstić information content (AvgIpc) is 3.39. The molecule has 2 aromatic rings. The zero-order chi connectivity index (χ0) is 22.4. The number of aromatic nitrogens is 1. The van der Waals surface area contributed by atoms with Crippen LogP contribution in [0.2, 0.25) is 0 Å². The summed E-state index contributed by atoms with van der Waals surface area (Å²) < 4.78 is 23.6. The van der Waals surface area contributed by atoms with Gasteiger partial charge in [0.15, 0.2) is 18.1 Å². The van der Waals surface area contributed by atoms with Crippen LogP contribution in [0.25, 0.3) is 0 Å². The SMILES string of the molecule is COc1ccc(CCC(=O)OCC(=O)c2cc(C)n(C[C@@H]3CCCO3)c2C)cc1OC. The smallest absolute Gasteiger partial charge is 0.306 e. The topological polar surface area (TPSA) is 76.0 Å². The van der Waals surface area contributed by atoms with Crippen LogP contribution in [-0.2, 0) is 27.2 Å². The molecule has 1 aromatic heterocycles. The summed E-state index contributed by atoms with van der Waals surface area (Å²) in [6.07, 6.45) is 2.99. The van der Waals surface area contributed by atoms with Gasteiger partial charge in [-0.2, -0.15) is 0 Å². The second-order valence-electron chi connectivity index (χ2n) is 7.80. The molecule has 1 aliphatic heterocycles. The Labute approximate surface area is 183 Å². The van der Waals surface area contributed by atoms with Crippen molar-refractivity contribution < 1.29 is 28.5 Å². The zero-order valence-electron chi connectivity index (χ0n) is 18.7. The van der Waals surface area contributed by atoms with Crippen LogP contribution in [0.3, 0.4) is 0 Å². The van der Waals surface area contributed by atoms with E-state index in [0.717, 1.165) is 42.9 Å². The fourth-order valence-electron chi connectivity index (χ4n) is 3.93. The maximum atomic E-state index is 12.6. The second-order valence-corrected chi connectivity index (χ2v) is 7.80. The van der Waals surface area contributed by atoms with Crippen LogP contribution in [0, 0.1) is 13.8 Å². The van der Waals surface area contributed by atoms with E-state index in [1.807, 2.05) is 32.0 Å². The van der Waals surface area contributed by atoms with Gasteiger partial charge >= 0.3 is 5.97 Å². The summed E-state index contributed by atoms with van der Waals surface area (Å²) in [5.41, 5.74) is 3.43. The molecular weight excluding hydrogens is 398 g/mol. The Morgan fingerprint density at radius 1 is 1.13 bits per heavy atom. The lowest BCUT2D eigenvalue weighted by molar-refractivity contribution is -0.142. The van der Waals surface area contributed by atoms with Crippen molar-refractivity contribution in [1.82, 2.24) is 4.57 Å². The highest BCUT2D eigenvalue weighted by Gasteiger charge is 2.21. The van der Waals surface area contributed by atoms with Crippen LogP contribution in [-0.4, -0.2) is 49.9 Å². The first-order valence-corrected chi connectivity index (χ1v) is 10.6. The molecule has 7 heteroatoms. The molecule has 0 N–H and O–H groups in total. The van der Waals surface area contributed by atoms with E-state index in [4.69, 9.17) is 18.9 Å². The highest BCUT2D eigenvalue weighted by Crippen LogP contribution is 2.28. The highest BCUT2D eigenvalue weighted by atomic mass is 16.5. The van der Waals surface area contributed by atoms with E-state index in [1.54, 1.807) is 20.3 Å². The first-order valence-electron chi connectivity index (χ1n) is 10.6. The van der Waals surface area contributed by atoms with Crippen molar-refractivity contribution in [2.24, 2.45) is 0 Å². The maximum Gasteiger partial charge on any atom is 0.306 e. The van der Waals surface area contributed by atoms with Gasteiger partial charge in [-0.15, -0.1) is 0 Å². The molecule has 1 saturated heterocycles. The van der Waals surface area contributed by atoms with Crippen LogP contribution in [0.1, 0.15) is 46.6 Å². The molecular formula is C24H31NO6. The normalized spacial score (nSPS) is 15.7. The van der Waals surface area contributed by atoms with Crippen LogP contribution >= 0.6 is 0 Å². The Bertz CT molecular complexity index is 926. The fraction of sp³-hybridized carbons (Fsp3) is 0.500. The summed E-state index contributed by atoms with van der Waals surface area (Å²) in [5, 5.41) is 0. The van der Waals surface area contributed by atoms with E-state index in [0.29, 0.717) is 23.5 Å². The van der Waals surface area contributed by atoms with Gasteiger partial charge in [-0.05, 0) is 56.9 Å². The maximum absolute atomic E-state index is 12.6. The lowest BCUT2D eigenvalue weighted by Gasteiger charge is -2.14. The number of methoxy groups -OCH3 is 2. The van der Waals surface area contributed by atoms with E-state index in [9.17, 15) is 9.59 Å². The van der Waals surface area contributed by atoms with Gasteiger partial charge < -0.3 is 23.5 Å². The van der Waals surface area contributed by atoms with Crippen molar-refractivity contribution in [2.45, 2.75) is 52.2 Å². The number of carbonyl (C=O) groups excluding carboxylic acids is 2. The van der Waals surface area contributed by atoms with Gasteiger partial charge in [-0.1, -0.05) is 6.07 Å². The summed E-state index contributed by atoms with van der Waals surface area (Å²) in [4.78, 5) is 24.8. The molecule has 0 spiro atoms. The molecule has 0 saturated carbocycles. The largest absolute Gasteiger partial charge is 0.493 e. The third-order valence-electron chi connectivity index (χ3n) is 5.71. The van der Waals surface area contributed by atoms with Crippen LogP contribution in [0.15, 0.2) is 24.3 Å². The number of ether oxygens (including phenoxy) is 4. The number of Topliss-reactive ketones (excluding diaryl/α,β-unsaturated/α-hetero) is 1. The first kappa shape index (κ1) is 22.9. The van der Waals surface area contributed by atoms with Crippen molar-refractivity contribution in [1.29, 1.82) is 0 Å². The number of hydrogen-bond acceptors (Lipinski definition) is 6. The minimum atomic E-state index is -0.406. The van der Waals surface area contributed by atoms with E-state index >= 15 is 0 Å². The molecule has 0 aliphatic carbocycles. The summed E-state index contributed by atoms with van der Waals surface area (Å²) in [7, 11) is 3.14. The molecule has 2 heterocycles. The van der Waals surface area contributed by atoms with Crippen molar-refractivity contribution >= 4 is 11.8 Å². The molecule has 0 unspecified atom stereocenters. The van der Waals surface area contributed by atoms with Crippen molar-refractivity contribution in [3.8, 4) is 11.5 Å². The average molecular weight is 430 g/mol. The van der Waals surface area contributed by atoms with E-state index < -0.39 is 5.97 Å². The molecule has 0 amide bonds. The monoisotopic (exact) mass is 429 g/mol. The van der Waals surface area contributed by atoms with E-state index in [2.05, 4.69) is 4.57 Å². The summed E-state index contributed by atoms with van der Waals surface area (Å²) in [6, 6.07) is 7.38. The highest BCUT2D eigenvalue weighted by molar-refractivity contribution is 5.99. The molecule has 0 radical (unpaired) electrons. The molecule has 1 fully saturated rings. The van der Waals surface area contributed by atoms with Gasteiger partial charge in [-0.25, -0.2) is 0 Å². The molecule has 31 heavy (non-hydrogen) atoms. The second kappa shape index (κ2) is 10.5. The predicted molar refractivity (Wildman–Crippen MR) is 116 cm³/mol. The molecule has 1 aliphatic rings. The number of rotatable bonds is 10. The third kappa shape index (κ3) is 5.67. The van der Waals surface area contributed by atoms with Gasteiger partial charge in [0.2, 0.25) is 5.78 Å². The number of benzene rings is 1. The number of carbonyl (C=O) groups is 2. The van der Waals surface area contributed by atoms with E-state index in [1.165, 1.54) is 0 Å². The molecule has 3 rings (SSSR count). The molecule has 0 bridgehead atoms. The Kier molecular flexibility index (Phi) is 7.74. The zero-order valence-corrected chi connectivity index (χ0v) is 18.7. The number of ketones is 1.